The molecule has 2 amide bonds. The smallest absolute Gasteiger partial charge is 0.385 e. The van der Waals surface area contributed by atoms with Gasteiger partial charge in [0.05, 0.1) is 18.8 Å². The maximum atomic E-state index is 15.5. The van der Waals surface area contributed by atoms with Gasteiger partial charge in [-0.15, -0.1) is 0 Å². The first kappa shape index (κ1) is 40.5. The molecule has 4 aliphatic carbocycles. The van der Waals surface area contributed by atoms with Crippen molar-refractivity contribution in [2.75, 3.05) is 36.5 Å². The van der Waals surface area contributed by atoms with Crippen molar-refractivity contribution in [1.29, 1.82) is 0 Å². The van der Waals surface area contributed by atoms with Gasteiger partial charge in [0, 0.05) is 60.6 Å². The normalized spacial score (nSPS) is 33.6. The summed E-state index contributed by atoms with van der Waals surface area (Å²) in [7, 11) is 0. The number of amides is 2. The predicted octanol–water partition coefficient (Wildman–Crippen LogP) is 9.22. The van der Waals surface area contributed by atoms with E-state index in [1.54, 1.807) is 0 Å². The van der Waals surface area contributed by atoms with Gasteiger partial charge < -0.3 is 35.2 Å². The van der Waals surface area contributed by atoms with E-state index >= 15 is 8.78 Å². The lowest BCUT2D eigenvalue weighted by Gasteiger charge is -2.59. The molecule has 57 heavy (non-hydrogen) atoms. The molecule has 3 saturated carbocycles. The number of halogens is 5. The van der Waals surface area contributed by atoms with Crippen molar-refractivity contribution in [2.45, 2.75) is 133 Å². The van der Waals surface area contributed by atoms with Crippen molar-refractivity contribution in [2.24, 2.45) is 22.7 Å². The van der Waals surface area contributed by atoms with Crippen molar-refractivity contribution >= 4 is 17.4 Å². The fourth-order valence-corrected chi connectivity index (χ4v) is 11.4. The molecule has 6 atom stereocenters. The minimum absolute atomic E-state index is 0.0196. The summed E-state index contributed by atoms with van der Waals surface area (Å²) in [6.45, 7) is 8.70. The number of benzene rings is 2. The van der Waals surface area contributed by atoms with Gasteiger partial charge in [-0.2, -0.15) is 22.0 Å². The Hall–Kier alpha value is -3.26. The van der Waals surface area contributed by atoms with Crippen LogP contribution in [-0.4, -0.2) is 71.6 Å². The number of alkyl halides is 5. The maximum absolute atomic E-state index is 15.5. The van der Waals surface area contributed by atoms with Crippen LogP contribution in [0.5, 0.6) is 0 Å². The highest BCUT2D eigenvalue weighted by atomic mass is 19.4. The van der Waals surface area contributed by atoms with E-state index in [1.807, 2.05) is 48.5 Å². The average molecular weight is 802 g/mol. The first-order valence-corrected chi connectivity index (χ1v) is 20.7. The lowest BCUT2D eigenvalue weighted by atomic mass is 9.49. The molecule has 4 N–H and O–H groups in total. The van der Waals surface area contributed by atoms with Crippen LogP contribution in [0.3, 0.4) is 0 Å². The molecule has 8 rings (SSSR count). The molecule has 0 unspecified atom stereocenters. The Morgan fingerprint density at radius 1 is 0.877 bits per heavy atom. The van der Waals surface area contributed by atoms with Crippen LogP contribution in [0.15, 0.2) is 59.7 Å². The van der Waals surface area contributed by atoms with Crippen LogP contribution in [0.4, 0.5) is 38.1 Å². The number of nitrogens with one attached hydrogen (secondary N) is 2. The quantitative estimate of drug-likeness (QED) is 0.172. The number of hydrogen-bond donors (Lipinski definition) is 4. The SMILES string of the molecule is CC1(C)COC2(CCC3=C4[C@@H](CC[C@@]3(O)C2)[C@@H]2CC[C@@](O)(C(F)(F)C(F)(F)F)[C@@]2(C)C[C@@H]4c2ccc(CNC(=O)Nc3ccc(N4CCCCC4)cc3)cc2)OC1. The van der Waals surface area contributed by atoms with Gasteiger partial charge in [0.15, 0.2) is 5.79 Å². The number of nitrogens with zero attached hydrogens (tertiary/aromatic N) is 1. The van der Waals surface area contributed by atoms with Gasteiger partial charge in [0.2, 0.25) is 0 Å². The molecule has 0 bridgehead atoms. The second-order valence-corrected chi connectivity index (χ2v) is 18.8. The second kappa shape index (κ2) is 14.2. The molecule has 6 aliphatic rings. The van der Waals surface area contributed by atoms with E-state index in [9.17, 15) is 28.2 Å². The largest absolute Gasteiger partial charge is 0.456 e. The fourth-order valence-electron chi connectivity index (χ4n) is 11.4. The van der Waals surface area contributed by atoms with Crippen LogP contribution < -0.4 is 15.5 Å². The van der Waals surface area contributed by atoms with Crippen LogP contribution in [0.1, 0.15) is 108 Å². The molecule has 312 valence electrons. The van der Waals surface area contributed by atoms with Crippen molar-refractivity contribution in [3.8, 4) is 0 Å². The zero-order valence-electron chi connectivity index (χ0n) is 33.1. The number of urea groups is 1. The first-order chi connectivity index (χ1) is 26.8. The highest BCUT2D eigenvalue weighted by molar-refractivity contribution is 5.89. The van der Waals surface area contributed by atoms with Gasteiger partial charge >= 0.3 is 18.1 Å². The van der Waals surface area contributed by atoms with Gasteiger partial charge in [-0.25, -0.2) is 4.79 Å². The second-order valence-electron chi connectivity index (χ2n) is 18.8. The average Bonchev–Trinajstić information content (AvgIpc) is 3.46. The molecule has 8 nitrogen and oxygen atoms in total. The monoisotopic (exact) mass is 801 g/mol. The summed E-state index contributed by atoms with van der Waals surface area (Å²) in [4.78, 5) is 15.2. The maximum Gasteiger partial charge on any atom is 0.456 e. The van der Waals surface area contributed by atoms with E-state index in [2.05, 4.69) is 29.4 Å². The van der Waals surface area contributed by atoms with Crippen LogP contribution in [0.25, 0.3) is 0 Å². The third-order valence-corrected chi connectivity index (χ3v) is 14.6. The molecule has 5 fully saturated rings. The van der Waals surface area contributed by atoms with E-state index in [0.717, 1.165) is 35.5 Å². The van der Waals surface area contributed by atoms with E-state index in [4.69, 9.17) is 9.47 Å². The van der Waals surface area contributed by atoms with Crippen LogP contribution in [0.2, 0.25) is 0 Å². The summed E-state index contributed by atoms with van der Waals surface area (Å²) in [5.74, 6) is -7.95. The van der Waals surface area contributed by atoms with Crippen molar-refractivity contribution in [3.05, 3.63) is 70.8 Å². The van der Waals surface area contributed by atoms with Gasteiger partial charge in [-0.1, -0.05) is 50.6 Å². The van der Waals surface area contributed by atoms with Crippen molar-refractivity contribution in [3.63, 3.8) is 0 Å². The number of fused-ring (bicyclic) bond motifs is 4. The van der Waals surface area contributed by atoms with Crippen LogP contribution >= 0.6 is 0 Å². The molecule has 2 heterocycles. The number of hydrogen-bond acceptors (Lipinski definition) is 6. The summed E-state index contributed by atoms with van der Waals surface area (Å²) >= 11 is 0. The standard InChI is InChI=1S/C44H56F5N3O5/c1-38(2)26-56-41(57-27-38)19-16-35-36-32(15-18-40(35,54)25-41)34-17-20-42(55,43(45,46)44(47,48)49)39(34,3)23-33(36)29-9-7-28(8-10-29)24-50-37(53)51-30-11-13-31(14-12-30)52-21-5-4-6-22-52/h7-14,32-34,54-55H,4-6,15-27H2,1-3H3,(H2,50,51,53)/t32-,33+,34-,39-,40+,42-/m0/s1. The molecule has 0 aromatic heterocycles. The van der Waals surface area contributed by atoms with E-state index < -0.39 is 58.7 Å². The molecule has 0 radical (unpaired) electrons. The minimum atomic E-state index is -5.93. The minimum Gasteiger partial charge on any atom is -0.385 e. The van der Waals surface area contributed by atoms with Crippen LogP contribution in [-0.2, 0) is 16.0 Å². The van der Waals surface area contributed by atoms with Crippen LogP contribution in [0, 0.1) is 22.7 Å². The highest BCUT2D eigenvalue weighted by Gasteiger charge is 2.79. The molecule has 2 aromatic rings. The zero-order valence-corrected chi connectivity index (χ0v) is 33.1. The topological polar surface area (TPSA) is 103 Å². The summed E-state index contributed by atoms with van der Waals surface area (Å²) < 4.78 is 85.9. The molecular formula is C44H56F5N3O5. The van der Waals surface area contributed by atoms with Gasteiger partial charge in [-0.3, -0.25) is 0 Å². The number of allylic oxidation sites excluding steroid dienone is 1. The Morgan fingerprint density at radius 2 is 1.54 bits per heavy atom. The Morgan fingerprint density at radius 3 is 2.19 bits per heavy atom. The Bertz CT molecular complexity index is 1850. The number of rotatable bonds is 6. The number of carbonyl (C=O) groups is 1. The third-order valence-electron chi connectivity index (χ3n) is 14.6. The number of anilines is 2. The molecule has 2 aromatic carbocycles. The van der Waals surface area contributed by atoms with E-state index in [1.165, 1.54) is 26.2 Å². The van der Waals surface area contributed by atoms with Gasteiger partial charge in [0.1, 0.15) is 5.60 Å². The predicted molar refractivity (Wildman–Crippen MR) is 206 cm³/mol. The lowest BCUT2D eigenvalue weighted by molar-refractivity contribution is -0.362. The van der Waals surface area contributed by atoms with E-state index in [-0.39, 0.29) is 43.7 Å². The van der Waals surface area contributed by atoms with Gasteiger partial charge in [0.25, 0.3) is 0 Å². The fraction of sp³-hybridized carbons (Fsp3) is 0.659. The summed E-state index contributed by atoms with van der Waals surface area (Å²) in [5, 5.41) is 29.9. The molecule has 13 heteroatoms. The Balaban J connectivity index is 1.05. The van der Waals surface area contributed by atoms with Gasteiger partial charge in [-0.05, 0) is 111 Å². The molecule has 2 saturated heterocycles. The molecule has 2 aliphatic heterocycles. The number of piperidine rings is 1. The highest BCUT2D eigenvalue weighted by Crippen LogP contribution is 2.71. The summed E-state index contributed by atoms with van der Waals surface area (Å²) in [6, 6.07) is 14.7. The molecular weight excluding hydrogens is 745 g/mol. The molecule has 1 spiro atoms. The van der Waals surface area contributed by atoms with Crippen molar-refractivity contribution in [1.82, 2.24) is 5.32 Å². The Labute approximate surface area is 331 Å². The number of ether oxygens (including phenoxy) is 2. The summed E-state index contributed by atoms with van der Waals surface area (Å²) in [6.07, 6.45) is -1.36. The van der Waals surface area contributed by atoms with Crippen molar-refractivity contribution < 1.29 is 46.4 Å². The zero-order chi connectivity index (χ0) is 40.6. The lowest BCUT2D eigenvalue weighted by Crippen LogP contribution is -2.65. The number of carbonyl (C=O) groups excluding carboxylic acids is 1. The first-order valence-electron chi connectivity index (χ1n) is 20.7. The summed E-state index contributed by atoms with van der Waals surface area (Å²) in [5.41, 5.74) is -1.61. The van der Waals surface area contributed by atoms with E-state index in [0.29, 0.717) is 43.7 Å². The number of aliphatic hydroxyl groups is 2. The third kappa shape index (κ3) is 6.95. The Kier molecular flexibility index (Phi) is 10.1.